The number of hydrogen-bond donors (Lipinski definition) is 1. The van der Waals surface area contributed by atoms with E-state index in [0.717, 1.165) is 31.5 Å². The molecule has 94 valence electrons. The van der Waals surface area contributed by atoms with Gasteiger partial charge in [-0.2, -0.15) is 0 Å². The summed E-state index contributed by atoms with van der Waals surface area (Å²) in [6.45, 7) is 3.52. The second-order valence-electron chi connectivity index (χ2n) is 4.28. The summed E-state index contributed by atoms with van der Waals surface area (Å²) in [5.74, 6) is -0.138. The van der Waals surface area contributed by atoms with E-state index in [2.05, 4.69) is 0 Å². The van der Waals surface area contributed by atoms with Crippen LogP contribution in [-0.4, -0.2) is 32.8 Å². The van der Waals surface area contributed by atoms with Gasteiger partial charge in [0.2, 0.25) is 0 Å². The fraction of sp³-hybridized carbons (Fsp3) is 0.538. The molecular weight excluding hydrogens is 219 g/mol. The van der Waals surface area contributed by atoms with E-state index in [1.165, 1.54) is 0 Å². The summed E-state index contributed by atoms with van der Waals surface area (Å²) in [5, 5.41) is 0. The normalized spacial score (nSPS) is 16.2. The molecule has 3 nitrogen and oxygen atoms in total. The van der Waals surface area contributed by atoms with Crippen molar-refractivity contribution >= 4 is 5.69 Å². The van der Waals surface area contributed by atoms with E-state index in [-0.39, 0.29) is 5.82 Å². The Morgan fingerprint density at radius 2 is 2.06 bits per heavy atom. The minimum Gasteiger partial charge on any atom is -0.378 e. The molecule has 1 saturated heterocycles. The van der Waals surface area contributed by atoms with Gasteiger partial charge in [-0.1, -0.05) is 6.07 Å². The number of anilines is 1. The molecule has 1 fully saturated rings. The second-order valence-corrected chi connectivity index (χ2v) is 4.28. The first kappa shape index (κ1) is 12.3. The van der Waals surface area contributed by atoms with Crippen LogP contribution in [0, 0.1) is 5.82 Å². The topological polar surface area (TPSA) is 38.5 Å². The van der Waals surface area contributed by atoms with Gasteiger partial charge in [0.25, 0.3) is 0 Å². The molecule has 0 saturated carbocycles. The third kappa shape index (κ3) is 3.17. The number of hydrogen-bond acceptors (Lipinski definition) is 3. The smallest absolute Gasteiger partial charge is 0.146 e. The van der Waals surface area contributed by atoms with Crippen molar-refractivity contribution in [2.75, 3.05) is 37.7 Å². The molecule has 17 heavy (non-hydrogen) atoms. The van der Waals surface area contributed by atoms with Crippen molar-refractivity contribution in [3.05, 3.63) is 29.6 Å². The molecule has 1 aromatic carbocycles. The number of rotatable bonds is 4. The lowest BCUT2D eigenvalue weighted by Crippen LogP contribution is -2.36. The fourth-order valence-electron chi connectivity index (χ4n) is 2.07. The van der Waals surface area contributed by atoms with E-state index in [1.807, 2.05) is 17.0 Å². The quantitative estimate of drug-likeness (QED) is 0.865. The molecule has 0 spiro atoms. The highest BCUT2D eigenvalue weighted by Gasteiger charge is 2.14. The highest BCUT2D eigenvalue weighted by atomic mass is 19.1. The van der Waals surface area contributed by atoms with Crippen LogP contribution in [-0.2, 0) is 11.2 Å². The monoisotopic (exact) mass is 238 g/mol. The summed E-state index contributed by atoms with van der Waals surface area (Å²) >= 11 is 0. The first-order valence-corrected chi connectivity index (χ1v) is 6.12. The zero-order valence-electron chi connectivity index (χ0n) is 9.99. The molecule has 2 N–H and O–H groups in total. The highest BCUT2D eigenvalue weighted by Crippen LogP contribution is 2.22. The lowest BCUT2D eigenvalue weighted by Gasteiger charge is -2.29. The van der Waals surface area contributed by atoms with Gasteiger partial charge >= 0.3 is 0 Å². The van der Waals surface area contributed by atoms with Gasteiger partial charge in [-0.15, -0.1) is 0 Å². The van der Waals surface area contributed by atoms with E-state index in [0.29, 0.717) is 25.4 Å². The number of nitrogens with two attached hydrogens (primary N) is 1. The Bertz CT molecular complexity index is 364. The van der Waals surface area contributed by atoms with Crippen molar-refractivity contribution in [3.8, 4) is 0 Å². The van der Waals surface area contributed by atoms with E-state index in [9.17, 15) is 4.39 Å². The van der Waals surface area contributed by atoms with Gasteiger partial charge in [0.1, 0.15) is 5.82 Å². The number of morpholine rings is 1. The van der Waals surface area contributed by atoms with Gasteiger partial charge in [0.05, 0.1) is 18.9 Å². The van der Waals surface area contributed by atoms with Crippen molar-refractivity contribution in [2.45, 2.75) is 12.8 Å². The molecule has 0 atom stereocenters. The van der Waals surface area contributed by atoms with Gasteiger partial charge in [0.15, 0.2) is 0 Å². The fourth-order valence-corrected chi connectivity index (χ4v) is 2.07. The van der Waals surface area contributed by atoms with Crippen LogP contribution in [0.5, 0.6) is 0 Å². The molecular formula is C13H19FN2O. The maximum Gasteiger partial charge on any atom is 0.146 e. The molecule has 0 unspecified atom stereocenters. The first-order valence-electron chi connectivity index (χ1n) is 6.12. The number of ether oxygens (including phenoxy) is 1. The van der Waals surface area contributed by atoms with Crippen LogP contribution in [0.4, 0.5) is 10.1 Å². The van der Waals surface area contributed by atoms with Crippen molar-refractivity contribution < 1.29 is 9.13 Å². The lowest BCUT2D eigenvalue weighted by atomic mass is 10.1. The predicted molar refractivity (Wildman–Crippen MR) is 66.8 cm³/mol. The molecule has 0 radical (unpaired) electrons. The molecule has 1 aliphatic rings. The summed E-state index contributed by atoms with van der Waals surface area (Å²) in [4.78, 5) is 2.03. The minimum absolute atomic E-state index is 0.138. The van der Waals surface area contributed by atoms with Crippen LogP contribution < -0.4 is 10.6 Å². The van der Waals surface area contributed by atoms with Gasteiger partial charge in [-0.25, -0.2) is 4.39 Å². The number of aryl methyl sites for hydroxylation is 1. The number of benzene rings is 1. The first-order chi connectivity index (χ1) is 8.31. The van der Waals surface area contributed by atoms with E-state index >= 15 is 0 Å². The molecule has 0 amide bonds. The largest absolute Gasteiger partial charge is 0.378 e. The average molecular weight is 238 g/mol. The van der Waals surface area contributed by atoms with Crippen molar-refractivity contribution in [3.63, 3.8) is 0 Å². The van der Waals surface area contributed by atoms with E-state index in [4.69, 9.17) is 10.5 Å². The average Bonchev–Trinajstić information content (AvgIpc) is 2.37. The summed E-state index contributed by atoms with van der Waals surface area (Å²) in [6.07, 6.45) is 1.74. The van der Waals surface area contributed by atoms with Gasteiger partial charge in [-0.05, 0) is 37.1 Å². The lowest BCUT2D eigenvalue weighted by molar-refractivity contribution is 0.122. The third-order valence-corrected chi connectivity index (χ3v) is 3.03. The Morgan fingerprint density at radius 3 is 2.71 bits per heavy atom. The molecule has 1 heterocycles. The van der Waals surface area contributed by atoms with Crippen LogP contribution >= 0.6 is 0 Å². The maximum absolute atomic E-state index is 13.9. The molecule has 4 heteroatoms. The zero-order valence-corrected chi connectivity index (χ0v) is 9.99. The second kappa shape index (κ2) is 5.98. The van der Waals surface area contributed by atoms with Crippen LogP contribution in [0.1, 0.15) is 12.0 Å². The predicted octanol–water partition coefficient (Wildman–Crippen LogP) is 1.55. The number of nitrogens with zero attached hydrogens (tertiary/aromatic N) is 1. The molecule has 2 rings (SSSR count). The summed E-state index contributed by atoms with van der Waals surface area (Å²) < 4.78 is 19.2. The molecule has 0 aromatic heterocycles. The van der Waals surface area contributed by atoms with Gasteiger partial charge in [-0.3, -0.25) is 0 Å². The maximum atomic E-state index is 13.9. The van der Waals surface area contributed by atoms with Gasteiger partial charge < -0.3 is 15.4 Å². The van der Waals surface area contributed by atoms with Crippen molar-refractivity contribution in [1.29, 1.82) is 0 Å². The van der Waals surface area contributed by atoms with E-state index < -0.39 is 0 Å². The summed E-state index contributed by atoms with van der Waals surface area (Å²) in [7, 11) is 0. The summed E-state index contributed by atoms with van der Waals surface area (Å²) in [6, 6.07) is 5.48. The molecule has 1 aromatic rings. The Labute approximate surface area is 101 Å². The molecule has 0 aliphatic carbocycles. The van der Waals surface area contributed by atoms with Gasteiger partial charge in [0, 0.05) is 13.1 Å². The van der Waals surface area contributed by atoms with Crippen molar-refractivity contribution in [2.24, 2.45) is 5.73 Å². The number of halogens is 1. The molecule has 1 aliphatic heterocycles. The van der Waals surface area contributed by atoms with Crippen LogP contribution in [0.15, 0.2) is 18.2 Å². The Hall–Kier alpha value is -1.13. The standard InChI is InChI=1S/C13H19FN2O/c14-12-10-11(2-1-5-15)3-4-13(12)16-6-8-17-9-7-16/h3-4,10H,1-2,5-9,15H2. The van der Waals surface area contributed by atoms with Crippen LogP contribution in [0.2, 0.25) is 0 Å². The SMILES string of the molecule is NCCCc1ccc(N2CCOCC2)c(F)c1. The third-order valence-electron chi connectivity index (χ3n) is 3.03. The highest BCUT2D eigenvalue weighted by molar-refractivity contribution is 5.49. The Balaban J connectivity index is 2.07. The zero-order chi connectivity index (χ0) is 12.1. The summed E-state index contributed by atoms with van der Waals surface area (Å²) in [5.41, 5.74) is 7.15. The van der Waals surface area contributed by atoms with Crippen LogP contribution in [0.25, 0.3) is 0 Å². The minimum atomic E-state index is -0.138. The Kier molecular flexibility index (Phi) is 4.34. The molecule has 0 bridgehead atoms. The van der Waals surface area contributed by atoms with Crippen molar-refractivity contribution in [1.82, 2.24) is 0 Å². The van der Waals surface area contributed by atoms with Crippen LogP contribution in [0.3, 0.4) is 0 Å². The Morgan fingerprint density at radius 1 is 1.29 bits per heavy atom. The van der Waals surface area contributed by atoms with E-state index in [1.54, 1.807) is 6.07 Å².